The molecule has 1 aromatic carbocycles. The van der Waals surface area contributed by atoms with Crippen molar-refractivity contribution >= 4 is 5.69 Å². The lowest BCUT2D eigenvalue weighted by Gasteiger charge is -2.05. The highest BCUT2D eigenvalue weighted by atomic mass is 19.1. The van der Waals surface area contributed by atoms with E-state index in [1.165, 1.54) is 29.1 Å². The van der Waals surface area contributed by atoms with E-state index in [2.05, 4.69) is 5.10 Å². The van der Waals surface area contributed by atoms with Crippen LogP contribution in [0.25, 0.3) is 0 Å². The highest BCUT2D eigenvalue weighted by Crippen LogP contribution is 2.11. The van der Waals surface area contributed by atoms with Gasteiger partial charge in [0, 0.05) is 23.5 Å². The lowest BCUT2D eigenvalue weighted by molar-refractivity contribution is 0.572. The normalized spacial score (nSPS) is 10.3. The number of aromatic nitrogens is 2. The molecule has 0 fully saturated rings. The van der Waals surface area contributed by atoms with Crippen LogP contribution in [0.3, 0.4) is 0 Å². The van der Waals surface area contributed by atoms with Crippen molar-refractivity contribution in [2.45, 2.75) is 6.54 Å². The van der Waals surface area contributed by atoms with Crippen LogP contribution in [0.1, 0.15) is 5.56 Å². The predicted molar refractivity (Wildman–Crippen MR) is 58.4 cm³/mol. The Morgan fingerprint density at radius 3 is 2.88 bits per heavy atom. The lowest BCUT2D eigenvalue weighted by Crippen LogP contribution is -2.22. The number of benzene rings is 1. The van der Waals surface area contributed by atoms with Gasteiger partial charge in [-0.15, -0.1) is 0 Å². The summed E-state index contributed by atoms with van der Waals surface area (Å²) in [6.45, 7) is 0.103. The third-order valence-corrected chi connectivity index (χ3v) is 2.18. The first-order valence-corrected chi connectivity index (χ1v) is 4.73. The van der Waals surface area contributed by atoms with Crippen LogP contribution >= 0.6 is 0 Å². The van der Waals surface area contributed by atoms with Gasteiger partial charge in [0.2, 0.25) is 0 Å². The molecule has 2 rings (SSSR count). The second-order valence-electron chi connectivity index (χ2n) is 3.37. The third-order valence-electron chi connectivity index (χ3n) is 2.18. The van der Waals surface area contributed by atoms with Crippen molar-refractivity contribution in [3.05, 3.63) is 58.3 Å². The molecule has 0 aliphatic carbocycles. The number of rotatable bonds is 2. The molecule has 0 aliphatic rings. The van der Waals surface area contributed by atoms with Gasteiger partial charge in [0.15, 0.2) is 0 Å². The van der Waals surface area contributed by atoms with Crippen LogP contribution in [0.4, 0.5) is 10.1 Å². The Hall–Kier alpha value is -2.17. The van der Waals surface area contributed by atoms with Crippen LogP contribution in [0.2, 0.25) is 0 Å². The van der Waals surface area contributed by atoms with Crippen LogP contribution < -0.4 is 11.3 Å². The molecule has 0 atom stereocenters. The molecule has 0 amide bonds. The minimum absolute atomic E-state index is 0.103. The van der Waals surface area contributed by atoms with E-state index in [1.54, 1.807) is 12.1 Å². The van der Waals surface area contributed by atoms with Crippen LogP contribution in [-0.2, 0) is 6.54 Å². The zero-order chi connectivity index (χ0) is 11.5. The molecule has 0 saturated carbocycles. The van der Waals surface area contributed by atoms with E-state index in [-0.39, 0.29) is 12.1 Å². The zero-order valence-electron chi connectivity index (χ0n) is 8.43. The Bertz CT molecular complexity index is 565. The van der Waals surface area contributed by atoms with E-state index in [0.29, 0.717) is 11.3 Å². The Labute approximate surface area is 91.1 Å². The van der Waals surface area contributed by atoms with Crippen molar-refractivity contribution in [2.24, 2.45) is 0 Å². The summed E-state index contributed by atoms with van der Waals surface area (Å²) in [5, 5.41) is 3.84. The zero-order valence-corrected chi connectivity index (χ0v) is 8.43. The largest absolute Gasteiger partial charge is 0.399 e. The van der Waals surface area contributed by atoms with E-state index in [4.69, 9.17) is 5.73 Å². The molecule has 0 radical (unpaired) electrons. The van der Waals surface area contributed by atoms with Gasteiger partial charge in [0.05, 0.1) is 6.54 Å². The Morgan fingerprint density at radius 1 is 1.38 bits per heavy atom. The summed E-state index contributed by atoms with van der Waals surface area (Å²) in [5.41, 5.74) is 5.90. The second-order valence-corrected chi connectivity index (χ2v) is 3.37. The molecule has 0 saturated heterocycles. The van der Waals surface area contributed by atoms with E-state index in [9.17, 15) is 9.18 Å². The number of anilines is 1. The third kappa shape index (κ3) is 2.08. The summed E-state index contributed by atoms with van der Waals surface area (Å²) in [5.74, 6) is -0.433. The molecule has 16 heavy (non-hydrogen) atoms. The van der Waals surface area contributed by atoms with Crippen molar-refractivity contribution in [1.29, 1.82) is 0 Å². The summed E-state index contributed by atoms with van der Waals surface area (Å²) >= 11 is 0. The number of halogens is 1. The smallest absolute Gasteiger partial charge is 0.267 e. The number of hydrogen-bond acceptors (Lipinski definition) is 3. The maximum absolute atomic E-state index is 13.4. The highest BCUT2D eigenvalue weighted by molar-refractivity contribution is 5.40. The van der Waals surface area contributed by atoms with E-state index >= 15 is 0 Å². The Kier molecular flexibility index (Phi) is 2.68. The van der Waals surface area contributed by atoms with Gasteiger partial charge >= 0.3 is 0 Å². The summed E-state index contributed by atoms with van der Waals surface area (Å²) < 4.78 is 14.6. The SMILES string of the molecule is Nc1ccc(Cn2ncccc2=O)c(F)c1. The van der Waals surface area contributed by atoms with Crippen molar-refractivity contribution in [2.75, 3.05) is 5.73 Å². The summed E-state index contributed by atoms with van der Waals surface area (Å²) in [6.07, 6.45) is 1.48. The fourth-order valence-electron chi connectivity index (χ4n) is 1.36. The molecule has 0 bridgehead atoms. The highest BCUT2D eigenvalue weighted by Gasteiger charge is 2.04. The van der Waals surface area contributed by atoms with Crippen molar-refractivity contribution in [1.82, 2.24) is 9.78 Å². The first-order chi connectivity index (χ1) is 7.66. The van der Waals surface area contributed by atoms with Gasteiger partial charge in [-0.1, -0.05) is 6.07 Å². The molecule has 4 nitrogen and oxygen atoms in total. The van der Waals surface area contributed by atoms with Gasteiger partial charge in [-0.3, -0.25) is 4.79 Å². The van der Waals surface area contributed by atoms with Gasteiger partial charge in [-0.25, -0.2) is 9.07 Å². The van der Waals surface area contributed by atoms with Gasteiger partial charge in [0.1, 0.15) is 5.82 Å². The number of nitrogens with two attached hydrogens (primary N) is 1. The summed E-state index contributed by atoms with van der Waals surface area (Å²) in [6, 6.07) is 7.28. The maximum Gasteiger partial charge on any atom is 0.267 e. The number of nitrogens with zero attached hydrogens (tertiary/aromatic N) is 2. The topological polar surface area (TPSA) is 60.9 Å². The molecule has 2 aromatic rings. The van der Waals surface area contributed by atoms with Gasteiger partial charge in [-0.05, 0) is 18.2 Å². The monoisotopic (exact) mass is 219 g/mol. The van der Waals surface area contributed by atoms with Gasteiger partial charge in [0.25, 0.3) is 5.56 Å². The molecule has 1 heterocycles. The van der Waals surface area contributed by atoms with E-state index < -0.39 is 5.82 Å². The Morgan fingerprint density at radius 2 is 2.19 bits per heavy atom. The summed E-state index contributed by atoms with van der Waals surface area (Å²) in [4.78, 5) is 11.4. The molecule has 0 spiro atoms. The molecule has 82 valence electrons. The quantitative estimate of drug-likeness (QED) is 0.767. The molecule has 2 N–H and O–H groups in total. The molecule has 0 unspecified atom stereocenters. The van der Waals surface area contributed by atoms with Gasteiger partial charge < -0.3 is 5.73 Å². The maximum atomic E-state index is 13.4. The number of nitrogen functional groups attached to an aromatic ring is 1. The number of hydrogen-bond donors (Lipinski definition) is 1. The van der Waals surface area contributed by atoms with Crippen LogP contribution in [-0.4, -0.2) is 9.78 Å². The first-order valence-electron chi connectivity index (χ1n) is 4.73. The molecule has 1 aromatic heterocycles. The van der Waals surface area contributed by atoms with Crippen LogP contribution in [0.5, 0.6) is 0 Å². The van der Waals surface area contributed by atoms with Crippen molar-refractivity contribution in [3.8, 4) is 0 Å². The van der Waals surface area contributed by atoms with Crippen LogP contribution in [0, 0.1) is 5.82 Å². The first kappa shape index (κ1) is 10.4. The summed E-state index contributed by atoms with van der Waals surface area (Å²) in [7, 11) is 0. The molecular weight excluding hydrogens is 209 g/mol. The minimum Gasteiger partial charge on any atom is -0.399 e. The average molecular weight is 219 g/mol. The fourth-order valence-corrected chi connectivity index (χ4v) is 1.36. The molecular formula is C11H10FN3O. The average Bonchev–Trinajstić information content (AvgIpc) is 2.25. The standard InChI is InChI=1S/C11H10FN3O/c12-10-6-9(13)4-3-8(10)7-15-11(16)2-1-5-14-15/h1-6H,7,13H2. The second kappa shape index (κ2) is 4.14. The minimum atomic E-state index is -0.433. The molecule has 5 heteroatoms. The predicted octanol–water partition coefficient (Wildman–Crippen LogP) is 1.01. The fraction of sp³-hybridized carbons (Fsp3) is 0.0909. The van der Waals surface area contributed by atoms with Gasteiger partial charge in [-0.2, -0.15) is 5.10 Å². The van der Waals surface area contributed by atoms with Crippen LogP contribution in [0.15, 0.2) is 41.3 Å². The lowest BCUT2D eigenvalue weighted by atomic mass is 10.2. The Balaban J connectivity index is 2.35. The van der Waals surface area contributed by atoms with E-state index in [0.717, 1.165) is 0 Å². The molecule has 0 aliphatic heterocycles. The van der Waals surface area contributed by atoms with E-state index in [1.807, 2.05) is 0 Å². The van der Waals surface area contributed by atoms with Crippen molar-refractivity contribution in [3.63, 3.8) is 0 Å². The van der Waals surface area contributed by atoms with Crippen molar-refractivity contribution < 1.29 is 4.39 Å².